The van der Waals surface area contributed by atoms with E-state index in [9.17, 15) is 4.79 Å². The zero-order valence-electron chi connectivity index (χ0n) is 11.8. The van der Waals surface area contributed by atoms with E-state index in [1.54, 1.807) is 7.11 Å². The van der Waals surface area contributed by atoms with Crippen LogP contribution in [0.2, 0.25) is 0 Å². The number of aliphatic carboxylic acids is 1. The van der Waals surface area contributed by atoms with E-state index >= 15 is 0 Å². The van der Waals surface area contributed by atoms with Crippen LogP contribution in [-0.4, -0.2) is 42.7 Å². The van der Waals surface area contributed by atoms with Gasteiger partial charge in [-0.2, -0.15) is 0 Å². The largest absolute Gasteiger partial charge is 0.497 e. The molecule has 0 saturated carbocycles. The summed E-state index contributed by atoms with van der Waals surface area (Å²) in [6.07, 6.45) is 5.50. The maximum absolute atomic E-state index is 10.7. The van der Waals surface area contributed by atoms with Crippen molar-refractivity contribution in [2.24, 2.45) is 5.92 Å². The molecule has 0 bridgehead atoms. The Morgan fingerprint density at radius 2 is 2.20 bits per heavy atom. The summed E-state index contributed by atoms with van der Waals surface area (Å²) in [7, 11) is 1.66. The van der Waals surface area contributed by atoms with Crippen LogP contribution in [0.4, 0.5) is 0 Å². The van der Waals surface area contributed by atoms with E-state index in [4.69, 9.17) is 9.84 Å². The average molecular weight is 275 g/mol. The Labute approximate surface area is 119 Å². The van der Waals surface area contributed by atoms with Crippen LogP contribution in [0.5, 0.6) is 5.75 Å². The standard InChI is InChI=1S/C16H21NO3/c1-20-15-6-4-13(5-7-15)3-2-9-17-10-8-14(12-17)11-16(18)19/h2-7,14H,8-12H2,1H3,(H,18,19)/b3-2+. The molecular formula is C16H21NO3. The van der Waals surface area contributed by atoms with Gasteiger partial charge in [-0.1, -0.05) is 24.3 Å². The maximum Gasteiger partial charge on any atom is 0.303 e. The summed E-state index contributed by atoms with van der Waals surface area (Å²) in [6, 6.07) is 7.93. The molecule has 1 fully saturated rings. The molecule has 0 spiro atoms. The summed E-state index contributed by atoms with van der Waals surface area (Å²) >= 11 is 0. The SMILES string of the molecule is COc1ccc(/C=C/CN2CCC(CC(=O)O)C2)cc1. The Kier molecular flexibility index (Phi) is 5.18. The van der Waals surface area contributed by atoms with Gasteiger partial charge < -0.3 is 9.84 Å². The molecule has 20 heavy (non-hydrogen) atoms. The number of carboxylic acid groups (broad SMARTS) is 1. The van der Waals surface area contributed by atoms with Gasteiger partial charge in [0.15, 0.2) is 0 Å². The van der Waals surface area contributed by atoms with Crippen molar-refractivity contribution in [2.45, 2.75) is 12.8 Å². The zero-order valence-corrected chi connectivity index (χ0v) is 11.8. The molecule has 1 aromatic rings. The Morgan fingerprint density at radius 1 is 1.45 bits per heavy atom. The third kappa shape index (κ3) is 4.38. The lowest BCUT2D eigenvalue weighted by Gasteiger charge is -2.12. The molecule has 1 aromatic carbocycles. The minimum Gasteiger partial charge on any atom is -0.497 e. The third-order valence-electron chi connectivity index (χ3n) is 3.62. The molecule has 1 aliphatic heterocycles. The molecule has 1 heterocycles. The molecule has 0 aliphatic carbocycles. The van der Waals surface area contributed by atoms with Crippen LogP contribution in [0.15, 0.2) is 30.3 Å². The average Bonchev–Trinajstić information content (AvgIpc) is 2.86. The van der Waals surface area contributed by atoms with Gasteiger partial charge in [-0.05, 0) is 36.6 Å². The molecule has 1 unspecified atom stereocenters. The van der Waals surface area contributed by atoms with E-state index in [0.29, 0.717) is 12.3 Å². The fourth-order valence-corrected chi connectivity index (χ4v) is 2.55. The Bertz CT molecular complexity index is 467. The second-order valence-electron chi connectivity index (χ2n) is 5.19. The van der Waals surface area contributed by atoms with Crippen molar-refractivity contribution in [3.05, 3.63) is 35.9 Å². The van der Waals surface area contributed by atoms with E-state index in [2.05, 4.69) is 17.1 Å². The summed E-state index contributed by atoms with van der Waals surface area (Å²) in [4.78, 5) is 13.0. The van der Waals surface area contributed by atoms with Gasteiger partial charge in [0, 0.05) is 19.5 Å². The highest BCUT2D eigenvalue weighted by Crippen LogP contribution is 2.19. The molecule has 1 aliphatic rings. The van der Waals surface area contributed by atoms with E-state index in [1.165, 1.54) is 0 Å². The van der Waals surface area contributed by atoms with Crippen molar-refractivity contribution in [3.63, 3.8) is 0 Å². The number of methoxy groups -OCH3 is 1. The Balaban J connectivity index is 1.77. The van der Waals surface area contributed by atoms with Crippen LogP contribution in [0.1, 0.15) is 18.4 Å². The molecule has 0 aromatic heterocycles. The van der Waals surface area contributed by atoms with Gasteiger partial charge in [0.05, 0.1) is 7.11 Å². The fraction of sp³-hybridized carbons (Fsp3) is 0.438. The van der Waals surface area contributed by atoms with Gasteiger partial charge in [0.2, 0.25) is 0 Å². The number of benzene rings is 1. The number of ether oxygens (including phenoxy) is 1. The number of carbonyl (C=O) groups is 1. The molecule has 1 saturated heterocycles. The van der Waals surface area contributed by atoms with Crippen molar-refractivity contribution in [1.82, 2.24) is 4.90 Å². The number of nitrogens with zero attached hydrogens (tertiary/aromatic N) is 1. The monoisotopic (exact) mass is 275 g/mol. The highest BCUT2D eigenvalue weighted by atomic mass is 16.5. The predicted molar refractivity (Wildman–Crippen MR) is 78.8 cm³/mol. The summed E-state index contributed by atoms with van der Waals surface area (Å²) in [6.45, 7) is 2.76. The molecule has 1 atom stereocenters. The molecule has 4 nitrogen and oxygen atoms in total. The van der Waals surface area contributed by atoms with Gasteiger partial charge in [0.1, 0.15) is 5.75 Å². The Morgan fingerprint density at radius 3 is 2.85 bits per heavy atom. The number of carboxylic acids is 1. The molecule has 1 N–H and O–H groups in total. The van der Waals surface area contributed by atoms with Crippen molar-refractivity contribution in [1.29, 1.82) is 0 Å². The zero-order chi connectivity index (χ0) is 14.4. The first-order chi connectivity index (χ1) is 9.67. The molecule has 108 valence electrons. The highest BCUT2D eigenvalue weighted by Gasteiger charge is 2.23. The number of rotatable bonds is 6. The summed E-state index contributed by atoms with van der Waals surface area (Å²) in [5.74, 6) is 0.478. The molecule has 2 rings (SSSR count). The lowest BCUT2D eigenvalue weighted by molar-refractivity contribution is -0.138. The first-order valence-corrected chi connectivity index (χ1v) is 6.92. The van der Waals surface area contributed by atoms with Gasteiger partial charge >= 0.3 is 5.97 Å². The molecule has 0 amide bonds. The fourth-order valence-electron chi connectivity index (χ4n) is 2.55. The number of hydrogen-bond acceptors (Lipinski definition) is 3. The van der Waals surface area contributed by atoms with E-state index in [0.717, 1.165) is 37.4 Å². The second kappa shape index (κ2) is 7.10. The maximum atomic E-state index is 10.7. The van der Waals surface area contributed by atoms with Crippen molar-refractivity contribution in [2.75, 3.05) is 26.7 Å². The normalized spacial score (nSPS) is 19.6. The second-order valence-corrected chi connectivity index (χ2v) is 5.19. The quantitative estimate of drug-likeness (QED) is 0.866. The van der Waals surface area contributed by atoms with Gasteiger partial charge in [0.25, 0.3) is 0 Å². The van der Waals surface area contributed by atoms with Gasteiger partial charge in [-0.15, -0.1) is 0 Å². The van der Waals surface area contributed by atoms with E-state index < -0.39 is 5.97 Å². The lowest BCUT2D eigenvalue weighted by atomic mass is 10.1. The Hall–Kier alpha value is -1.81. The van der Waals surface area contributed by atoms with Gasteiger partial charge in [-0.25, -0.2) is 0 Å². The van der Waals surface area contributed by atoms with Crippen LogP contribution in [0, 0.1) is 5.92 Å². The molecule has 0 radical (unpaired) electrons. The van der Waals surface area contributed by atoms with Crippen LogP contribution in [-0.2, 0) is 4.79 Å². The van der Waals surface area contributed by atoms with E-state index in [-0.39, 0.29) is 0 Å². The number of hydrogen-bond donors (Lipinski definition) is 1. The van der Waals surface area contributed by atoms with Gasteiger partial charge in [-0.3, -0.25) is 9.69 Å². The van der Waals surface area contributed by atoms with Crippen LogP contribution in [0.3, 0.4) is 0 Å². The van der Waals surface area contributed by atoms with Crippen molar-refractivity contribution >= 4 is 12.0 Å². The van der Waals surface area contributed by atoms with Crippen molar-refractivity contribution < 1.29 is 14.6 Å². The van der Waals surface area contributed by atoms with Crippen LogP contribution < -0.4 is 4.74 Å². The highest BCUT2D eigenvalue weighted by molar-refractivity contribution is 5.67. The molecule has 4 heteroatoms. The minimum atomic E-state index is -0.689. The smallest absolute Gasteiger partial charge is 0.303 e. The van der Waals surface area contributed by atoms with E-state index in [1.807, 2.05) is 24.3 Å². The summed E-state index contributed by atoms with van der Waals surface area (Å²) in [5.41, 5.74) is 1.15. The van der Waals surface area contributed by atoms with Crippen molar-refractivity contribution in [3.8, 4) is 5.75 Å². The topological polar surface area (TPSA) is 49.8 Å². The third-order valence-corrected chi connectivity index (χ3v) is 3.62. The summed E-state index contributed by atoms with van der Waals surface area (Å²) in [5, 5.41) is 8.78. The van der Waals surface area contributed by atoms with Crippen LogP contribution in [0.25, 0.3) is 6.08 Å². The summed E-state index contributed by atoms with van der Waals surface area (Å²) < 4.78 is 5.12. The predicted octanol–water partition coefficient (Wildman–Crippen LogP) is 2.51. The lowest BCUT2D eigenvalue weighted by Crippen LogP contribution is -2.21. The minimum absolute atomic E-state index is 0.290. The van der Waals surface area contributed by atoms with Crippen LogP contribution >= 0.6 is 0 Å². The first-order valence-electron chi connectivity index (χ1n) is 6.92. The molecular weight excluding hydrogens is 254 g/mol. The number of likely N-dealkylation sites (tertiary alicyclic amines) is 1. The first kappa shape index (κ1) is 14.6.